The molecule has 5 heteroatoms. The molecule has 0 bridgehead atoms. The molecule has 122 valence electrons. The van der Waals surface area contributed by atoms with E-state index >= 15 is 0 Å². The average Bonchev–Trinajstić information content (AvgIpc) is 2.68. The zero-order valence-corrected chi connectivity index (χ0v) is 13.9. The van der Waals surface area contributed by atoms with Gasteiger partial charge < -0.3 is 8.57 Å². The highest BCUT2D eigenvalue weighted by atomic mass is 32.2. The van der Waals surface area contributed by atoms with Crippen molar-refractivity contribution in [3.05, 3.63) is 95.8 Å². The number of carbonyl (C=O) groups is 1. The molecule has 0 aliphatic rings. The molecule has 0 spiro atoms. The van der Waals surface area contributed by atoms with Gasteiger partial charge in [0, 0.05) is 23.5 Å². The van der Waals surface area contributed by atoms with Gasteiger partial charge in [0.2, 0.25) is 0 Å². The highest BCUT2D eigenvalue weighted by Crippen LogP contribution is 2.07. The van der Waals surface area contributed by atoms with Crippen LogP contribution in [0.1, 0.15) is 21.5 Å². The van der Waals surface area contributed by atoms with E-state index in [1.165, 1.54) is 6.20 Å². The van der Waals surface area contributed by atoms with Gasteiger partial charge in [-0.25, -0.2) is 0 Å². The van der Waals surface area contributed by atoms with Gasteiger partial charge in [-0.05, 0) is 18.2 Å². The summed E-state index contributed by atoms with van der Waals surface area (Å²) >= 11 is 0. The highest BCUT2D eigenvalue weighted by molar-refractivity contribution is 7.75. The summed E-state index contributed by atoms with van der Waals surface area (Å²) in [5, 5.41) is 0. The third-order valence-electron chi connectivity index (χ3n) is 3.22. The lowest BCUT2D eigenvalue weighted by molar-refractivity contribution is 0.100. The number of benzene rings is 2. The Morgan fingerprint density at radius 1 is 0.880 bits per heavy atom. The maximum absolute atomic E-state index is 12.2. The van der Waals surface area contributed by atoms with Crippen LogP contribution >= 0.6 is 0 Å². The van der Waals surface area contributed by atoms with Gasteiger partial charge in [-0.1, -0.05) is 65.3 Å². The second-order valence-electron chi connectivity index (χ2n) is 5.04. The van der Waals surface area contributed by atoms with E-state index in [4.69, 9.17) is 0 Å². The van der Waals surface area contributed by atoms with Crippen molar-refractivity contribution in [1.82, 2.24) is 4.98 Å². The number of nitrogens with zero attached hydrogens (tertiary/aromatic N) is 2. The van der Waals surface area contributed by atoms with Crippen LogP contribution in [0.25, 0.3) is 0 Å². The summed E-state index contributed by atoms with van der Waals surface area (Å²) < 4.78 is 15.8. The second kappa shape index (κ2) is 8.04. The molecule has 0 fully saturated rings. The monoisotopic (exact) mass is 345 g/mol. The molecule has 0 saturated carbocycles. The predicted octanol–water partition coefficient (Wildman–Crippen LogP) is 3.83. The molecule has 3 rings (SSSR count). The summed E-state index contributed by atoms with van der Waals surface area (Å²) in [6, 6.07) is 19.7. The number of hydrogen-bond acceptors (Lipinski definition) is 4. The Labute approximate surface area is 147 Å². The molecule has 0 atom stereocenters. The Bertz CT molecular complexity index is 1030. The molecule has 0 unspecified atom stereocenters. The average molecular weight is 345 g/mol. The van der Waals surface area contributed by atoms with Gasteiger partial charge in [0.15, 0.2) is 0 Å². The minimum absolute atomic E-state index is 0.254. The van der Waals surface area contributed by atoms with E-state index in [0.717, 1.165) is 5.56 Å². The SMILES string of the molecule is O=C(N=[S-](=O)c1ccccc1)c1cncc(C#Cc2ccccc2)c1. The molecule has 1 amide bonds. The van der Waals surface area contributed by atoms with E-state index in [2.05, 4.69) is 21.2 Å². The van der Waals surface area contributed by atoms with Crippen LogP contribution in [-0.4, -0.2) is 10.9 Å². The van der Waals surface area contributed by atoms with Crippen LogP contribution in [0.3, 0.4) is 0 Å². The number of pyridine rings is 1. The third kappa shape index (κ3) is 4.63. The topological polar surface area (TPSA) is 59.4 Å². The molecule has 25 heavy (non-hydrogen) atoms. The van der Waals surface area contributed by atoms with E-state index in [0.29, 0.717) is 10.5 Å². The zero-order chi connectivity index (χ0) is 17.5. The number of carbonyl (C=O) groups excluding carboxylic acids is 1. The van der Waals surface area contributed by atoms with E-state index in [9.17, 15) is 9.00 Å². The minimum atomic E-state index is -1.74. The number of amides is 1. The van der Waals surface area contributed by atoms with Crippen LogP contribution in [0.5, 0.6) is 0 Å². The molecular formula is C20H13N2O2S-. The maximum Gasteiger partial charge on any atom is 0.255 e. The largest absolute Gasteiger partial charge is 0.440 e. The first-order valence-electron chi connectivity index (χ1n) is 7.47. The fraction of sp³-hybridized carbons (Fsp3) is 0. The zero-order valence-electron chi connectivity index (χ0n) is 13.1. The third-order valence-corrected chi connectivity index (χ3v) is 4.23. The van der Waals surface area contributed by atoms with Gasteiger partial charge in [-0.3, -0.25) is 9.78 Å². The fourth-order valence-corrected chi connectivity index (χ4v) is 2.76. The summed E-state index contributed by atoms with van der Waals surface area (Å²) in [5.74, 6) is 5.38. The molecule has 1 aromatic heterocycles. The Hall–Kier alpha value is -3.23. The maximum atomic E-state index is 12.2. The van der Waals surface area contributed by atoms with Crippen molar-refractivity contribution in [3.63, 3.8) is 0 Å². The standard InChI is InChI=1S/C20H13N2O2S/c23-20(22-25(24)19-9-5-2-6-10-19)18-13-17(14-21-15-18)12-11-16-7-3-1-4-8-16/h1-10,13-15H/q-1. The summed E-state index contributed by atoms with van der Waals surface area (Å²) in [6.07, 6.45) is 2.96. The van der Waals surface area contributed by atoms with Crippen molar-refractivity contribution in [1.29, 1.82) is 0 Å². The highest BCUT2D eigenvalue weighted by Gasteiger charge is 2.02. The number of rotatable bonds is 2. The van der Waals surface area contributed by atoms with Crippen LogP contribution < -0.4 is 0 Å². The van der Waals surface area contributed by atoms with Crippen LogP contribution in [0.2, 0.25) is 0 Å². The van der Waals surface area contributed by atoms with Crippen molar-refractivity contribution in [2.45, 2.75) is 4.90 Å². The Morgan fingerprint density at radius 2 is 1.52 bits per heavy atom. The molecule has 2 aromatic carbocycles. The lowest BCUT2D eigenvalue weighted by atomic mass is 10.2. The van der Waals surface area contributed by atoms with E-state index < -0.39 is 16.5 Å². The van der Waals surface area contributed by atoms with Crippen LogP contribution in [-0.2, 0) is 14.8 Å². The van der Waals surface area contributed by atoms with Crippen molar-refractivity contribution < 1.29 is 9.00 Å². The van der Waals surface area contributed by atoms with Crippen LogP contribution in [0.15, 0.2) is 88.4 Å². The van der Waals surface area contributed by atoms with Gasteiger partial charge in [0.05, 0.1) is 5.56 Å². The Kier molecular flexibility index (Phi) is 5.35. The molecule has 1 heterocycles. The number of hydrogen-bond donors (Lipinski definition) is 0. The van der Waals surface area contributed by atoms with Crippen molar-refractivity contribution in [3.8, 4) is 11.8 Å². The van der Waals surface area contributed by atoms with E-state index in [-0.39, 0.29) is 5.56 Å². The summed E-state index contributed by atoms with van der Waals surface area (Å²) in [4.78, 5) is 16.7. The van der Waals surface area contributed by atoms with Crippen LogP contribution in [0, 0.1) is 11.8 Å². The molecule has 0 aliphatic heterocycles. The molecule has 0 saturated heterocycles. The molecule has 0 N–H and O–H groups in total. The molecule has 3 aromatic rings. The summed E-state index contributed by atoms with van der Waals surface area (Å²) in [5.41, 5.74) is 1.72. The molecular weight excluding hydrogens is 332 g/mol. The molecule has 0 aliphatic carbocycles. The quantitative estimate of drug-likeness (QED) is 0.524. The van der Waals surface area contributed by atoms with Crippen molar-refractivity contribution in [2.75, 3.05) is 0 Å². The lowest BCUT2D eigenvalue weighted by Gasteiger charge is -2.04. The normalized spacial score (nSPS) is 11.4. The Morgan fingerprint density at radius 3 is 2.24 bits per heavy atom. The van der Waals surface area contributed by atoms with E-state index in [1.54, 1.807) is 42.6 Å². The van der Waals surface area contributed by atoms with Gasteiger partial charge in [-0.15, -0.1) is 0 Å². The smallest absolute Gasteiger partial charge is 0.255 e. The molecule has 0 radical (unpaired) electrons. The van der Waals surface area contributed by atoms with Crippen molar-refractivity contribution >= 4 is 16.5 Å². The lowest BCUT2D eigenvalue weighted by Crippen LogP contribution is -1.97. The minimum Gasteiger partial charge on any atom is -0.440 e. The molecule has 4 nitrogen and oxygen atoms in total. The first kappa shape index (κ1) is 16.6. The van der Waals surface area contributed by atoms with Gasteiger partial charge in [0.1, 0.15) is 0 Å². The second-order valence-corrected chi connectivity index (χ2v) is 6.19. The van der Waals surface area contributed by atoms with Gasteiger partial charge in [-0.2, -0.15) is 10.6 Å². The fourth-order valence-electron chi connectivity index (χ4n) is 2.01. The Balaban J connectivity index is 1.83. The first-order chi connectivity index (χ1) is 12.2. The van der Waals surface area contributed by atoms with Crippen LogP contribution in [0.4, 0.5) is 0 Å². The van der Waals surface area contributed by atoms with Crippen molar-refractivity contribution in [2.24, 2.45) is 4.36 Å². The van der Waals surface area contributed by atoms with Gasteiger partial charge in [0.25, 0.3) is 5.91 Å². The first-order valence-corrected chi connectivity index (χ1v) is 8.58. The van der Waals surface area contributed by atoms with E-state index in [1.807, 2.05) is 30.3 Å². The number of aromatic nitrogens is 1. The summed E-state index contributed by atoms with van der Waals surface area (Å²) in [6.45, 7) is 0. The predicted molar refractivity (Wildman–Crippen MR) is 96.2 cm³/mol. The van der Waals surface area contributed by atoms with Gasteiger partial charge >= 0.3 is 0 Å². The summed E-state index contributed by atoms with van der Waals surface area (Å²) in [7, 11) is -1.74.